The van der Waals surface area contributed by atoms with Crippen molar-refractivity contribution in [1.82, 2.24) is 79.7 Å². The third-order valence-electron chi connectivity index (χ3n) is 13.4. The van der Waals surface area contributed by atoms with E-state index in [4.69, 9.17) is 18.9 Å². The lowest BCUT2D eigenvalue weighted by atomic mass is 10.1. The zero-order chi connectivity index (χ0) is 56.6. The Morgan fingerprint density at radius 2 is 0.901 bits per heavy atom. The number of hydrogen-bond acceptors (Lipinski definition) is 18. The van der Waals surface area contributed by atoms with E-state index in [1.165, 1.54) is 70.8 Å². The first-order valence-corrected chi connectivity index (χ1v) is 25.3. The minimum absolute atomic E-state index is 0.0632. The van der Waals surface area contributed by atoms with Crippen LogP contribution in [0.25, 0.3) is 33.4 Å². The largest absolute Gasteiger partial charge is 0.494 e. The maximum atomic E-state index is 13.7. The average Bonchev–Trinajstić information content (AvgIpc) is 4.38. The summed E-state index contributed by atoms with van der Waals surface area (Å²) < 4.78 is 24.7. The van der Waals surface area contributed by atoms with Gasteiger partial charge in [-0.05, 0) is 24.3 Å². The Bertz CT molecular complexity index is 3440. The molecule has 4 N–H and O–H groups in total. The number of piperazine rings is 2. The van der Waals surface area contributed by atoms with Gasteiger partial charge in [0.2, 0.25) is 11.8 Å². The van der Waals surface area contributed by atoms with Gasteiger partial charge in [0, 0.05) is 75.9 Å². The van der Waals surface area contributed by atoms with Gasteiger partial charge in [0.15, 0.2) is 23.3 Å². The summed E-state index contributed by atoms with van der Waals surface area (Å²) in [5.41, 5.74) is 1.89. The smallest absolute Gasteiger partial charge is 0.295 e. The lowest BCUT2D eigenvalue weighted by molar-refractivity contribution is -0.129. The predicted octanol–water partition coefficient (Wildman–Crippen LogP) is 0.876. The van der Waals surface area contributed by atoms with Gasteiger partial charge in [0.05, 0.1) is 66.2 Å². The van der Waals surface area contributed by atoms with Crippen LogP contribution in [-0.4, -0.2) is 203 Å². The van der Waals surface area contributed by atoms with Crippen LogP contribution < -0.4 is 20.1 Å². The van der Waals surface area contributed by atoms with Crippen molar-refractivity contribution >= 4 is 68.8 Å². The number of aromatic nitrogens is 10. The number of ketones is 2. The van der Waals surface area contributed by atoms with Crippen molar-refractivity contribution in [2.45, 2.75) is 13.2 Å². The van der Waals surface area contributed by atoms with E-state index in [1.807, 2.05) is 12.1 Å². The molecule has 0 aliphatic carbocycles. The summed E-state index contributed by atoms with van der Waals surface area (Å²) in [4.78, 5) is 135. The van der Waals surface area contributed by atoms with Gasteiger partial charge in [-0.25, -0.2) is 29.3 Å². The molecule has 2 fully saturated rings. The summed E-state index contributed by atoms with van der Waals surface area (Å²) in [6, 6.07) is 17.7. The van der Waals surface area contributed by atoms with Gasteiger partial charge in [-0.2, -0.15) is 0 Å². The third-order valence-corrected chi connectivity index (χ3v) is 13.4. The van der Waals surface area contributed by atoms with Gasteiger partial charge in [-0.1, -0.05) is 36.4 Å². The fourth-order valence-electron chi connectivity index (χ4n) is 9.24. The first kappa shape index (κ1) is 54.1. The Morgan fingerprint density at radius 1 is 0.519 bits per heavy atom. The van der Waals surface area contributed by atoms with E-state index in [0.29, 0.717) is 32.9 Å². The molecule has 28 heteroatoms. The molecule has 0 radical (unpaired) electrons. The van der Waals surface area contributed by atoms with Crippen LogP contribution >= 0.6 is 0 Å². The maximum absolute atomic E-state index is 13.7. The van der Waals surface area contributed by atoms with Crippen LogP contribution in [0.2, 0.25) is 0 Å². The number of Topliss-reactive ketones (excluding diaryl/α,β-unsaturated/α-hetero) is 2. The van der Waals surface area contributed by atoms with Gasteiger partial charge in [0.25, 0.3) is 35.2 Å². The molecule has 2 aliphatic rings. The van der Waals surface area contributed by atoms with Crippen LogP contribution in [0.3, 0.4) is 0 Å². The normalized spacial score (nSPS) is 13.6. The molecule has 81 heavy (non-hydrogen) atoms. The number of benzene rings is 2. The summed E-state index contributed by atoms with van der Waals surface area (Å²) in [5, 5.41) is 14.5. The van der Waals surface area contributed by atoms with Crippen LogP contribution in [0.5, 0.6) is 11.5 Å². The number of nitrogens with one attached hydrogen (secondary N) is 4. The highest BCUT2D eigenvalue weighted by Gasteiger charge is 2.34. The molecule has 0 atom stereocenters. The number of ether oxygens (including phenoxy) is 4. The van der Waals surface area contributed by atoms with E-state index < -0.39 is 48.4 Å². The number of carbonyl (C=O) groups is 8. The number of amides is 6. The fraction of sp³-hybridized carbons (Fsp3) is 0.283. The number of nitrogens with zero attached hydrogens (tertiary/aromatic N) is 12. The highest BCUT2D eigenvalue weighted by Crippen LogP contribution is 2.33. The highest BCUT2D eigenvalue weighted by atomic mass is 16.5. The molecule has 416 valence electrons. The zero-order valence-corrected chi connectivity index (χ0v) is 43.7. The van der Waals surface area contributed by atoms with Gasteiger partial charge in [-0.15, -0.1) is 10.2 Å². The number of aromatic amines is 2. The molecule has 28 nitrogen and oxygen atoms in total. The van der Waals surface area contributed by atoms with Gasteiger partial charge in [-0.3, -0.25) is 38.4 Å². The molecule has 8 heterocycles. The summed E-state index contributed by atoms with van der Waals surface area (Å²) >= 11 is 0. The summed E-state index contributed by atoms with van der Waals surface area (Å²) in [7, 11) is 2.82. The fourth-order valence-corrected chi connectivity index (χ4v) is 9.24. The van der Waals surface area contributed by atoms with Gasteiger partial charge < -0.3 is 59.1 Å². The second kappa shape index (κ2) is 24.2. The number of pyridine rings is 2. The van der Waals surface area contributed by atoms with Gasteiger partial charge >= 0.3 is 0 Å². The minimum Gasteiger partial charge on any atom is -0.494 e. The Hall–Kier alpha value is -10.2. The Balaban J connectivity index is 0.656. The standard InChI is InChI=1S/C53H52N16O12/c1-78-36-23-56-48(44-42(36)34(21-54-44)46(72)52(76)66-17-13-64(14-18-66)50(74)32-9-5-3-6-10-32)68-30-60-38(62-68)25-80-27-40(70)58-29-59-41(71)28-81-26-39-61-31-69(63-39)49-45-43(37(79-2)24-57-49)35(22-55-45)47(73)53(77)67-19-15-65(16-20-67)51(75)33-11-7-4-8-12-33/h3-12,21-24,30-31,54-55H,13-20,25-29H2,1-2H3,(H,58,70)(H,59,71). The Labute approximate surface area is 459 Å². The molecule has 0 bridgehead atoms. The summed E-state index contributed by atoms with van der Waals surface area (Å²) in [6.07, 6.45) is 8.32. The number of methoxy groups -OCH3 is 2. The summed E-state index contributed by atoms with van der Waals surface area (Å²) in [5.74, 6) is -3.07. The number of hydrogen-bond donors (Lipinski definition) is 4. The average molecular weight is 1110 g/mol. The molecule has 6 amide bonds. The topological polar surface area (TPSA) is 329 Å². The SMILES string of the molecule is COc1cnc(-n2cnc(COCC(=O)NCNC(=O)COCc3ncn(-c4ncc(OC)c5c(C(=O)C(=O)N6CCN(C(=O)c7ccccc7)CC6)c[nH]c45)n3)n2)c2[nH]cc(C(=O)C(=O)N3CCN(C(=O)c4ccccc4)CC3)c12. The van der Waals surface area contributed by atoms with Crippen molar-refractivity contribution in [3.8, 4) is 23.1 Å². The first-order chi connectivity index (χ1) is 39.4. The first-order valence-electron chi connectivity index (χ1n) is 25.3. The molecule has 6 aromatic heterocycles. The van der Waals surface area contributed by atoms with Crippen LogP contribution in [-0.2, 0) is 41.9 Å². The van der Waals surface area contributed by atoms with Gasteiger partial charge in [0.1, 0.15) is 50.6 Å². The molecule has 10 rings (SSSR count). The highest BCUT2D eigenvalue weighted by molar-refractivity contribution is 6.46. The number of fused-ring (bicyclic) bond motifs is 2. The molecule has 2 saturated heterocycles. The Kier molecular flexibility index (Phi) is 16.2. The minimum atomic E-state index is -0.770. The van der Waals surface area contributed by atoms with Crippen LogP contribution in [0.1, 0.15) is 53.1 Å². The second-order valence-corrected chi connectivity index (χ2v) is 18.3. The van der Waals surface area contributed by atoms with Crippen molar-refractivity contribution in [2.75, 3.05) is 86.5 Å². The molecular weight excluding hydrogens is 1050 g/mol. The van der Waals surface area contributed by atoms with Crippen molar-refractivity contribution in [3.05, 3.63) is 132 Å². The molecule has 2 aromatic carbocycles. The lowest BCUT2D eigenvalue weighted by Crippen LogP contribution is -2.52. The van der Waals surface area contributed by atoms with E-state index in [1.54, 1.807) is 58.3 Å². The third kappa shape index (κ3) is 11.7. The Morgan fingerprint density at radius 3 is 1.28 bits per heavy atom. The molecule has 2 aliphatic heterocycles. The van der Waals surface area contributed by atoms with Crippen LogP contribution in [0.4, 0.5) is 0 Å². The molecule has 0 saturated carbocycles. The molecule has 0 spiro atoms. The maximum Gasteiger partial charge on any atom is 0.295 e. The van der Waals surface area contributed by atoms with Crippen molar-refractivity contribution in [3.63, 3.8) is 0 Å². The summed E-state index contributed by atoms with van der Waals surface area (Å²) in [6.45, 7) is 0.404. The van der Waals surface area contributed by atoms with E-state index in [9.17, 15) is 38.4 Å². The zero-order valence-electron chi connectivity index (χ0n) is 43.7. The van der Waals surface area contributed by atoms with Crippen molar-refractivity contribution in [1.29, 1.82) is 0 Å². The van der Waals surface area contributed by atoms with E-state index in [0.717, 1.165) is 0 Å². The van der Waals surface area contributed by atoms with Crippen LogP contribution in [0.15, 0.2) is 98.1 Å². The van der Waals surface area contributed by atoms with Crippen molar-refractivity contribution < 1.29 is 57.3 Å². The van der Waals surface area contributed by atoms with Crippen molar-refractivity contribution in [2.24, 2.45) is 0 Å². The number of carbonyl (C=O) groups excluding carboxylic acids is 8. The van der Waals surface area contributed by atoms with E-state index in [2.05, 4.69) is 50.7 Å². The molecule has 0 unspecified atom stereocenters. The quantitative estimate of drug-likeness (QED) is 0.0467. The molecular formula is C53H52N16O12. The number of H-pyrrole nitrogens is 2. The van der Waals surface area contributed by atoms with E-state index in [-0.39, 0.29) is 130 Å². The van der Waals surface area contributed by atoms with Crippen LogP contribution in [0, 0.1) is 0 Å². The number of rotatable bonds is 20. The monoisotopic (exact) mass is 1100 g/mol. The second-order valence-electron chi connectivity index (χ2n) is 18.3. The molecule has 8 aromatic rings. The lowest BCUT2D eigenvalue weighted by Gasteiger charge is -2.34. The van der Waals surface area contributed by atoms with E-state index >= 15 is 0 Å². The predicted molar refractivity (Wildman–Crippen MR) is 282 cm³/mol.